The molecule has 0 bridgehead atoms. The van der Waals surface area contributed by atoms with Crippen LogP contribution in [-0.4, -0.2) is 61.6 Å². The van der Waals surface area contributed by atoms with Crippen molar-refractivity contribution < 1.29 is 4.79 Å². The average Bonchev–Trinajstić information content (AvgIpc) is 2.74. The molecule has 0 aromatic carbocycles. The van der Waals surface area contributed by atoms with Gasteiger partial charge in [-0.3, -0.25) is 9.78 Å². The van der Waals surface area contributed by atoms with Crippen molar-refractivity contribution in [2.24, 2.45) is 5.73 Å². The first-order valence-corrected chi connectivity index (χ1v) is 7.66. The number of hydrogen-bond acceptors (Lipinski definition) is 5. The van der Waals surface area contributed by atoms with Crippen molar-refractivity contribution in [3.8, 4) is 0 Å². The van der Waals surface area contributed by atoms with Gasteiger partial charge in [0.15, 0.2) is 0 Å². The summed E-state index contributed by atoms with van der Waals surface area (Å²) >= 11 is 0. The van der Waals surface area contributed by atoms with E-state index in [1.807, 2.05) is 19.1 Å². The first kappa shape index (κ1) is 15.7. The molecule has 0 spiro atoms. The third-order valence-electron chi connectivity index (χ3n) is 3.71. The fraction of sp³-hybridized carbons (Fsp3) is 0.600. The van der Waals surface area contributed by atoms with Crippen LogP contribution >= 0.6 is 0 Å². The van der Waals surface area contributed by atoms with Gasteiger partial charge in [-0.25, -0.2) is 0 Å². The summed E-state index contributed by atoms with van der Waals surface area (Å²) in [5.41, 5.74) is 7.18. The van der Waals surface area contributed by atoms with Gasteiger partial charge in [-0.15, -0.1) is 0 Å². The number of nitrogens with one attached hydrogen (secondary N) is 1. The summed E-state index contributed by atoms with van der Waals surface area (Å²) in [6, 6.07) is 3.85. The molecule has 2 rings (SSSR count). The molecule has 0 saturated carbocycles. The Morgan fingerprint density at radius 2 is 2.24 bits per heavy atom. The maximum atomic E-state index is 11.9. The number of nitrogens with zero attached hydrogens (tertiary/aromatic N) is 3. The summed E-state index contributed by atoms with van der Waals surface area (Å²) in [7, 11) is 0. The highest BCUT2D eigenvalue weighted by molar-refractivity contribution is 5.93. The first-order valence-electron chi connectivity index (χ1n) is 7.66. The van der Waals surface area contributed by atoms with Gasteiger partial charge < -0.3 is 20.9 Å². The molecule has 1 saturated heterocycles. The molecule has 1 aromatic rings. The van der Waals surface area contributed by atoms with Crippen molar-refractivity contribution in [1.82, 2.24) is 15.2 Å². The maximum absolute atomic E-state index is 11.9. The second kappa shape index (κ2) is 7.95. The van der Waals surface area contributed by atoms with Crippen LogP contribution in [0.4, 0.5) is 5.69 Å². The maximum Gasteiger partial charge on any atom is 0.269 e. The molecule has 6 nitrogen and oxygen atoms in total. The van der Waals surface area contributed by atoms with Crippen LogP contribution in [-0.2, 0) is 0 Å². The number of rotatable bonds is 5. The van der Waals surface area contributed by atoms with Crippen molar-refractivity contribution in [3.05, 3.63) is 24.0 Å². The molecule has 1 aliphatic rings. The number of pyridine rings is 1. The second-order valence-electron chi connectivity index (χ2n) is 5.23. The molecule has 21 heavy (non-hydrogen) atoms. The Bertz CT molecular complexity index is 465. The van der Waals surface area contributed by atoms with Crippen molar-refractivity contribution in [2.75, 3.05) is 50.7 Å². The molecule has 1 aromatic heterocycles. The van der Waals surface area contributed by atoms with Gasteiger partial charge in [0.2, 0.25) is 0 Å². The van der Waals surface area contributed by atoms with Gasteiger partial charge in [0.25, 0.3) is 5.91 Å². The SMILES string of the molecule is CCNC(=O)c1cc(N2CCCN(CCN)CC2)ccn1. The van der Waals surface area contributed by atoms with Crippen molar-refractivity contribution in [3.63, 3.8) is 0 Å². The van der Waals surface area contributed by atoms with Crippen LogP contribution in [0.2, 0.25) is 0 Å². The van der Waals surface area contributed by atoms with Gasteiger partial charge >= 0.3 is 0 Å². The Morgan fingerprint density at radius 3 is 3.00 bits per heavy atom. The van der Waals surface area contributed by atoms with Crippen LogP contribution in [0.25, 0.3) is 0 Å². The summed E-state index contributed by atoms with van der Waals surface area (Å²) in [6.07, 6.45) is 2.82. The predicted molar refractivity (Wildman–Crippen MR) is 84.6 cm³/mol. The highest BCUT2D eigenvalue weighted by atomic mass is 16.1. The molecular formula is C15H25N5O. The molecule has 3 N–H and O–H groups in total. The van der Waals surface area contributed by atoms with Crippen LogP contribution in [0.5, 0.6) is 0 Å². The smallest absolute Gasteiger partial charge is 0.269 e. The van der Waals surface area contributed by atoms with E-state index in [2.05, 4.69) is 20.1 Å². The summed E-state index contributed by atoms with van der Waals surface area (Å²) in [5, 5.41) is 2.79. The van der Waals surface area contributed by atoms with E-state index in [0.717, 1.165) is 44.8 Å². The fourth-order valence-electron chi connectivity index (χ4n) is 2.63. The third-order valence-corrected chi connectivity index (χ3v) is 3.71. The number of carbonyl (C=O) groups excluding carboxylic acids is 1. The van der Waals surface area contributed by atoms with Gasteiger partial charge in [0.1, 0.15) is 5.69 Å². The third kappa shape index (κ3) is 4.41. The Morgan fingerprint density at radius 1 is 1.38 bits per heavy atom. The molecule has 2 heterocycles. The molecule has 0 radical (unpaired) electrons. The first-order chi connectivity index (χ1) is 10.2. The lowest BCUT2D eigenvalue weighted by Crippen LogP contribution is -2.34. The average molecular weight is 291 g/mol. The largest absolute Gasteiger partial charge is 0.370 e. The second-order valence-corrected chi connectivity index (χ2v) is 5.23. The lowest BCUT2D eigenvalue weighted by Gasteiger charge is -2.23. The van der Waals surface area contributed by atoms with E-state index in [9.17, 15) is 4.79 Å². The minimum absolute atomic E-state index is 0.112. The van der Waals surface area contributed by atoms with E-state index in [1.54, 1.807) is 6.20 Å². The van der Waals surface area contributed by atoms with Crippen molar-refractivity contribution in [2.45, 2.75) is 13.3 Å². The fourth-order valence-corrected chi connectivity index (χ4v) is 2.63. The van der Waals surface area contributed by atoms with Crippen LogP contribution in [0.3, 0.4) is 0 Å². The lowest BCUT2D eigenvalue weighted by molar-refractivity contribution is 0.0951. The summed E-state index contributed by atoms with van der Waals surface area (Å²) in [5.74, 6) is -0.112. The minimum Gasteiger partial charge on any atom is -0.370 e. The zero-order valence-electron chi connectivity index (χ0n) is 12.7. The molecule has 0 atom stereocenters. The van der Waals surface area contributed by atoms with Crippen LogP contribution < -0.4 is 16.0 Å². The van der Waals surface area contributed by atoms with Gasteiger partial charge in [0.05, 0.1) is 0 Å². The van der Waals surface area contributed by atoms with Crippen molar-refractivity contribution in [1.29, 1.82) is 0 Å². The van der Waals surface area contributed by atoms with E-state index >= 15 is 0 Å². The van der Waals surface area contributed by atoms with Gasteiger partial charge in [-0.1, -0.05) is 0 Å². The van der Waals surface area contributed by atoms with E-state index in [-0.39, 0.29) is 5.91 Å². The quantitative estimate of drug-likeness (QED) is 0.816. The topological polar surface area (TPSA) is 74.5 Å². The Kier molecular flexibility index (Phi) is 5.95. The molecule has 1 amide bonds. The monoisotopic (exact) mass is 291 g/mol. The van der Waals surface area contributed by atoms with Gasteiger partial charge in [-0.2, -0.15) is 0 Å². The Hall–Kier alpha value is -1.66. The molecule has 1 fully saturated rings. The molecular weight excluding hydrogens is 266 g/mol. The Labute approximate surface area is 126 Å². The lowest BCUT2D eigenvalue weighted by atomic mass is 10.2. The van der Waals surface area contributed by atoms with Crippen LogP contribution in [0, 0.1) is 0 Å². The highest BCUT2D eigenvalue weighted by Gasteiger charge is 2.16. The van der Waals surface area contributed by atoms with Crippen LogP contribution in [0.1, 0.15) is 23.8 Å². The number of anilines is 1. The zero-order chi connectivity index (χ0) is 15.1. The summed E-state index contributed by atoms with van der Waals surface area (Å²) in [4.78, 5) is 20.7. The van der Waals surface area contributed by atoms with Gasteiger partial charge in [-0.05, 0) is 32.0 Å². The molecule has 0 unspecified atom stereocenters. The number of nitrogens with two attached hydrogens (primary N) is 1. The molecule has 6 heteroatoms. The number of hydrogen-bond donors (Lipinski definition) is 2. The molecule has 116 valence electrons. The molecule has 1 aliphatic heterocycles. The standard InChI is InChI=1S/C15H25N5O/c1-2-17-15(21)14-12-13(4-6-18-14)20-8-3-7-19(9-5-16)10-11-20/h4,6,12H,2-3,5,7-11,16H2,1H3,(H,17,21). The van der Waals surface area contributed by atoms with Crippen LogP contribution in [0.15, 0.2) is 18.3 Å². The van der Waals surface area contributed by atoms with E-state index in [4.69, 9.17) is 5.73 Å². The summed E-state index contributed by atoms with van der Waals surface area (Å²) in [6.45, 7) is 8.23. The Balaban J connectivity index is 2.04. The highest BCUT2D eigenvalue weighted by Crippen LogP contribution is 2.17. The van der Waals surface area contributed by atoms with E-state index in [0.29, 0.717) is 18.8 Å². The normalized spacial score (nSPS) is 16.6. The molecule has 0 aliphatic carbocycles. The van der Waals surface area contributed by atoms with Crippen molar-refractivity contribution >= 4 is 11.6 Å². The van der Waals surface area contributed by atoms with E-state index < -0.39 is 0 Å². The van der Waals surface area contributed by atoms with Gasteiger partial charge in [0, 0.05) is 51.2 Å². The number of aromatic nitrogens is 1. The summed E-state index contributed by atoms with van der Waals surface area (Å²) < 4.78 is 0. The predicted octanol–water partition coefficient (Wildman–Crippen LogP) is 0.302. The van der Waals surface area contributed by atoms with E-state index in [1.165, 1.54) is 0 Å². The number of amides is 1. The number of carbonyl (C=O) groups is 1. The zero-order valence-corrected chi connectivity index (χ0v) is 12.7. The minimum atomic E-state index is -0.112.